The van der Waals surface area contributed by atoms with Crippen LogP contribution in [0.15, 0.2) is 0 Å². The number of hydrogen-bond acceptors (Lipinski definition) is 2. The maximum absolute atomic E-state index is 3.69. The van der Waals surface area contributed by atoms with Gasteiger partial charge in [0, 0.05) is 18.1 Å². The molecule has 0 radical (unpaired) electrons. The van der Waals surface area contributed by atoms with Gasteiger partial charge in [0.2, 0.25) is 0 Å². The van der Waals surface area contributed by atoms with E-state index in [4.69, 9.17) is 0 Å². The third-order valence-corrected chi connectivity index (χ3v) is 3.37. The van der Waals surface area contributed by atoms with Gasteiger partial charge in [0.1, 0.15) is 0 Å². The van der Waals surface area contributed by atoms with Crippen molar-refractivity contribution < 1.29 is 0 Å². The summed E-state index contributed by atoms with van der Waals surface area (Å²) in [6.07, 6.45) is 8.20. The number of nitrogens with one attached hydrogen (secondary N) is 2. The van der Waals surface area contributed by atoms with E-state index >= 15 is 0 Å². The van der Waals surface area contributed by atoms with Crippen LogP contribution in [0.1, 0.15) is 45.4 Å². The molecule has 2 nitrogen and oxygen atoms in total. The molecule has 1 aliphatic heterocycles. The van der Waals surface area contributed by atoms with Gasteiger partial charge in [-0.05, 0) is 38.6 Å². The van der Waals surface area contributed by atoms with E-state index in [0.29, 0.717) is 5.54 Å². The van der Waals surface area contributed by atoms with Crippen LogP contribution in [0, 0.1) is 0 Å². The van der Waals surface area contributed by atoms with Crippen LogP contribution in [0.25, 0.3) is 0 Å². The molecule has 1 heterocycles. The van der Waals surface area contributed by atoms with E-state index in [-0.39, 0.29) is 0 Å². The van der Waals surface area contributed by atoms with Crippen LogP contribution in [0.5, 0.6) is 0 Å². The Kier molecular flexibility index (Phi) is 2.89. The van der Waals surface area contributed by atoms with Gasteiger partial charge in [0.15, 0.2) is 0 Å². The average Bonchev–Trinajstić information content (AvgIpc) is 2.85. The summed E-state index contributed by atoms with van der Waals surface area (Å²) in [5, 5.41) is 7.35. The second kappa shape index (κ2) is 3.97. The van der Waals surface area contributed by atoms with E-state index in [0.717, 1.165) is 6.04 Å². The molecule has 0 amide bonds. The van der Waals surface area contributed by atoms with Crippen LogP contribution in [0.4, 0.5) is 0 Å². The first-order valence-corrected chi connectivity index (χ1v) is 5.83. The van der Waals surface area contributed by atoms with Crippen molar-refractivity contribution >= 4 is 0 Å². The molecule has 1 unspecified atom stereocenters. The van der Waals surface area contributed by atoms with E-state index in [1.807, 2.05) is 0 Å². The molecule has 2 heteroatoms. The lowest BCUT2D eigenvalue weighted by Crippen LogP contribution is -2.48. The average molecular weight is 182 g/mol. The minimum atomic E-state index is 0.456. The van der Waals surface area contributed by atoms with Crippen molar-refractivity contribution in [2.24, 2.45) is 0 Å². The molecule has 13 heavy (non-hydrogen) atoms. The molecule has 1 saturated carbocycles. The van der Waals surface area contributed by atoms with Crippen LogP contribution in [-0.2, 0) is 0 Å². The molecule has 0 aromatic heterocycles. The highest BCUT2D eigenvalue weighted by atomic mass is 15.1. The van der Waals surface area contributed by atoms with Gasteiger partial charge in [-0.3, -0.25) is 0 Å². The van der Waals surface area contributed by atoms with Crippen LogP contribution >= 0.6 is 0 Å². The normalized spacial score (nSPS) is 33.9. The smallest absolute Gasteiger partial charge is 0.0306 e. The molecule has 0 spiro atoms. The molecule has 1 saturated heterocycles. The molecule has 2 rings (SSSR count). The van der Waals surface area contributed by atoms with Crippen LogP contribution in [0.3, 0.4) is 0 Å². The minimum absolute atomic E-state index is 0.456. The summed E-state index contributed by atoms with van der Waals surface area (Å²) in [5.41, 5.74) is 0.456. The summed E-state index contributed by atoms with van der Waals surface area (Å²) in [6, 6.07) is 0.858. The van der Waals surface area contributed by atoms with Gasteiger partial charge in [-0.15, -0.1) is 0 Å². The van der Waals surface area contributed by atoms with Crippen molar-refractivity contribution in [1.82, 2.24) is 10.6 Å². The highest BCUT2D eigenvalue weighted by molar-refractivity contribution is 4.96. The monoisotopic (exact) mass is 182 g/mol. The molecular weight excluding hydrogens is 160 g/mol. The Morgan fingerprint density at radius 1 is 1.46 bits per heavy atom. The van der Waals surface area contributed by atoms with Crippen LogP contribution in [0.2, 0.25) is 0 Å². The summed E-state index contributed by atoms with van der Waals surface area (Å²) in [7, 11) is 0. The quantitative estimate of drug-likeness (QED) is 0.675. The molecule has 0 aromatic rings. The second-order valence-electron chi connectivity index (χ2n) is 4.72. The highest BCUT2D eigenvalue weighted by Gasteiger charge is 2.33. The van der Waals surface area contributed by atoms with Gasteiger partial charge >= 0.3 is 0 Å². The fourth-order valence-electron chi connectivity index (χ4n) is 2.43. The predicted octanol–water partition coefficient (Wildman–Crippen LogP) is 1.66. The maximum atomic E-state index is 3.69. The molecule has 0 aromatic carbocycles. The minimum Gasteiger partial charge on any atom is -0.312 e. The Bertz CT molecular complexity index is 157. The lowest BCUT2D eigenvalue weighted by Gasteiger charge is -2.29. The van der Waals surface area contributed by atoms with Gasteiger partial charge in [-0.25, -0.2) is 0 Å². The number of hydrogen-bond donors (Lipinski definition) is 2. The van der Waals surface area contributed by atoms with E-state index in [1.54, 1.807) is 0 Å². The molecule has 2 N–H and O–H groups in total. The van der Waals surface area contributed by atoms with Gasteiger partial charge in [-0.2, -0.15) is 0 Å². The SMILES string of the molecule is CCCC1(CNC2CC2)CCCN1. The lowest BCUT2D eigenvalue weighted by atomic mass is 9.92. The van der Waals surface area contributed by atoms with Crippen LogP contribution in [-0.4, -0.2) is 24.7 Å². The highest BCUT2D eigenvalue weighted by Crippen LogP contribution is 2.26. The van der Waals surface area contributed by atoms with E-state index < -0.39 is 0 Å². The van der Waals surface area contributed by atoms with Gasteiger partial charge in [0.05, 0.1) is 0 Å². The Morgan fingerprint density at radius 3 is 2.85 bits per heavy atom. The summed E-state index contributed by atoms with van der Waals surface area (Å²) >= 11 is 0. The largest absolute Gasteiger partial charge is 0.312 e. The summed E-state index contributed by atoms with van der Waals surface area (Å²) in [6.45, 7) is 4.72. The van der Waals surface area contributed by atoms with Crippen molar-refractivity contribution in [3.05, 3.63) is 0 Å². The summed E-state index contributed by atoms with van der Waals surface area (Å²) < 4.78 is 0. The molecule has 1 aliphatic carbocycles. The third kappa shape index (κ3) is 2.44. The van der Waals surface area contributed by atoms with Gasteiger partial charge in [0.25, 0.3) is 0 Å². The fraction of sp³-hybridized carbons (Fsp3) is 1.00. The topological polar surface area (TPSA) is 24.1 Å². The standard InChI is InChI=1S/C11H22N2/c1-2-6-11(7-3-8-13-11)9-12-10-4-5-10/h10,12-13H,2-9H2,1H3. The van der Waals surface area contributed by atoms with Crippen LogP contribution < -0.4 is 10.6 Å². The molecule has 1 atom stereocenters. The van der Waals surface area contributed by atoms with Gasteiger partial charge < -0.3 is 10.6 Å². The zero-order valence-corrected chi connectivity index (χ0v) is 8.73. The van der Waals surface area contributed by atoms with Crippen molar-refractivity contribution in [3.8, 4) is 0 Å². The third-order valence-electron chi connectivity index (χ3n) is 3.37. The summed E-state index contributed by atoms with van der Waals surface area (Å²) in [5.74, 6) is 0. The van der Waals surface area contributed by atoms with Crippen molar-refractivity contribution in [1.29, 1.82) is 0 Å². The number of rotatable bonds is 5. The fourth-order valence-corrected chi connectivity index (χ4v) is 2.43. The van der Waals surface area contributed by atoms with Crippen molar-refractivity contribution in [2.75, 3.05) is 13.1 Å². The zero-order valence-electron chi connectivity index (χ0n) is 8.73. The first-order chi connectivity index (χ1) is 6.35. The Balaban J connectivity index is 1.79. The second-order valence-corrected chi connectivity index (χ2v) is 4.72. The molecule has 2 fully saturated rings. The zero-order chi connectivity index (χ0) is 9.15. The summed E-state index contributed by atoms with van der Waals surface area (Å²) in [4.78, 5) is 0. The van der Waals surface area contributed by atoms with E-state index in [1.165, 1.54) is 51.6 Å². The van der Waals surface area contributed by atoms with Crippen molar-refractivity contribution in [3.63, 3.8) is 0 Å². The molecular formula is C11H22N2. The first kappa shape index (κ1) is 9.47. The Labute approximate surface area is 81.5 Å². The Morgan fingerprint density at radius 2 is 2.31 bits per heavy atom. The maximum Gasteiger partial charge on any atom is 0.0306 e. The lowest BCUT2D eigenvalue weighted by molar-refractivity contribution is 0.324. The van der Waals surface area contributed by atoms with E-state index in [2.05, 4.69) is 17.6 Å². The first-order valence-electron chi connectivity index (χ1n) is 5.83. The Hall–Kier alpha value is -0.0800. The predicted molar refractivity (Wildman–Crippen MR) is 55.9 cm³/mol. The molecule has 0 bridgehead atoms. The molecule has 2 aliphatic rings. The molecule has 76 valence electrons. The van der Waals surface area contributed by atoms with Crippen molar-refractivity contribution in [2.45, 2.75) is 57.0 Å². The van der Waals surface area contributed by atoms with E-state index in [9.17, 15) is 0 Å². The van der Waals surface area contributed by atoms with Gasteiger partial charge in [-0.1, -0.05) is 13.3 Å².